The van der Waals surface area contributed by atoms with Gasteiger partial charge in [0.2, 0.25) is 5.91 Å². The fraction of sp³-hybridized carbons (Fsp3) is 0.833. The van der Waals surface area contributed by atoms with E-state index in [4.69, 9.17) is 0 Å². The Hall–Kier alpha value is -1.43. The molecule has 3 aliphatic rings. The lowest BCUT2D eigenvalue weighted by atomic mass is 9.77. The molecule has 6 heteroatoms. The second-order valence-electron chi connectivity index (χ2n) is 7.99. The maximum atomic E-state index is 13.3. The van der Waals surface area contributed by atoms with Gasteiger partial charge in [0.15, 0.2) is 0 Å². The average molecular weight is 331 g/mol. The molecule has 2 aliphatic heterocycles. The summed E-state index contributed by atoms with van der Waals surface area (Å²) in [5.74, 6) is 1.43. The molecule has 4 rings (SSSR count). The number of nitrogens with zero attached hydrogens (tertiary/aromatic N) is 5. The van der Waals surface area contributed by atoms with Crippen LogP contribution in [-0.4, -0.2) is 56.1 Å². The zero-order chi connectivity index (χ0) is 16.6. The van der Waals surface area contributed by atoms with Crippen molar-refractivity contribution in [2.75, 3.05) is 19.6 Å². The number of hydrogen-bond acceptors (Lipinski definition) is 4. The van der Waals surface area contributed by atoms with Crippen molar-refractivity contribution in [1.82, 2.24) is 24.6 Å². The number of piperidine rings is 1. The van der Waals surface area contributed by atoms with Crippen molar-refractivity contribution in [2.24, 2.45) is 12.5 Å². The van der Waals surface area contributed by atoms with Gasteiger partial charge in [0.25, 0.3) is 0 Å². The minimum atomic E-state index is -0.131. The van der Waals surface area contributed by atoms with Crippen LogP contribution < -0.4 is 0 Å². The first-order chi connectivity index (χ1) is 11.7. The monoisotopic (exact) mass is 331 g/mol. The molecule has 1 aromatic heterocycles. The van der Waals surface area contributed by atoms with E-state index in [2.05, 4.69) is 20.0 Å². The van der Waals surface area contributed by atoms with Gasteiger partial charge in [0.1, 0.15) is 12.2 Å². The van der Waals surface area contributed by atoms with E-state index in [1.54, 1.807) is 6.33 Å². The maximum absolute atomic E-state index is 13.3. The molecule has 2 saturated heterocycles. The van der Waals surface area contributed by atoms with Crippen LogP contribution in [0.25, 0.3) is 0 Å². The molecule has 0 aromatic carbocycles. The molecule has 0 unspecified atom stereocenters. The summed E-state index contributed by atoms with van der Waals surface area (Å²) in [5, 5.41) is 8.16. The van der Waals surface area contributed by atoms with Crippen LogP contribution in [0, 0.1) is 5.41 Å². The standard InChI is InChI=1S/C18H29N5O/c1-21-14-19-20-16(21)12-22-11-9-18(13-22)8-5-10-23(17(18)24)15-6-3-2-4-7-15/h14-15H,2-13H2,1H3/t18-/m1/s1. The lowest BCUT2D eigenvalue weighted by molar-refractivity contribution is -0.149. The minimum Gasteiger partial charge on any atom is -0.339 e. The summed E-state index contributed by atoms with van der Waals surface area (Å²) in [7, 11) is 1.98. The van der Waals surface area contributed by atoms with E-state index in [0.29, 0.717) is 11.9 Å². The second-order valence-corrected chi connectivity index (χ2v) is 7.99. The molecule has 3 fully saturated rings. The SMILES string of the molecule is Cn1cnnc1CN1CC[C@]2(CCCN(C3CCCCC3)C2=O)C1. The Labute approximate surface area is 144 Å². The number of likely N-dealkylation sites (tertiary alicyclic amines) is 2. The fourth-order valence-electron chi connectivity index (χ4n) is 4.96. The van der Waals surface area contributed by atoms with Gasteiger partial charge in [-0.25, -0.2) is 0 Å². The smallest absolute Gasteiger partial charge is 0.230 e. The number of carbonyl (C=O) groups is 1. The summed E-state index contributed by atoms with van der Waals surface area (Å²) < 4.78 is 1.97. The highest BCUT2D eigenvalue weighted by atomic mass is 16.2. The molecule has 0 radical (unpaired) electrons. The van der Waals surface area contributed by atoms with Crippen LogP contribution in [0.15, 0.2) is 6.33 Å². The van der Waals surface area contributed by atoms with E-state index in [1.807, 2.05) is 11.6 Å². The molecular weight excluding hydrogens is 302 g/mol. The molecule has 0 bridgehead atoms. The predicted molar refractivity (Wildman–Crippen MR) is 91.2 cm³/mol. The van der Waals surface area contributed by atoms with E-state index in [0.717, 1.165) is 44.8 Å². The quantitative estimate of drug-likeness (QED) is 0.850. The highest BCUT2D eigenvalue weighted by Gasteiger charge is 2.49. The highest BCUT2D eigenvalue weighted by molar-refractivity contribution is 5.84. The third kappa shape index (κ3) is 2.85. The number of aromatic nitrogens is 3. The molecule has 0 N–H and O–H groups in total. The molecule has 1 saturated carbocycles. The summed E-state index contributed by atoms with van der Waals surface area (Å²) in [6, 6.07) is 0.510. The molecule has 6 nitrogen and oxygen atoms in total. The molecule has 1 aromatic rings. The van der Waals surface area contributed by atoms with Gasteiger partial charge in [-0.15, -0.1) is 10.2 Å². The predicted octanol–water partition coefficient (Wildman–Crippen LogP) is 1.96. The highest BCUT2D eigenvalue weighted by Crippen LogP contribution is 2.42. The summed E-state index contributed by atoms with van der Waals surface area (Å²) in [5.41, 5.74) is -0.131. The summed E-state index contributed by atoms with van der Waals surface area (Å²) in [4.78, 5) is 18.0. The summed E-state index contributed by atoms with van der Waals surface area (Å²) >= 11 is 0. The number of rotatable bonds is 3. The second kappa shape index (κ2) is 6.47. The number of carbonyl (C=O) groups excluding carboxylic acids is 1. The molecule has 132 valence electrons. The van der Waals surface area contributed by atoms with Gasteiger partial charge in [0, 0.05) is 26.2 Å². The van der Waals surface area contributed by atoms with E-state index in [9.17, 15) is 4.79 Å². The number of aryl methyl sites for hydroxylation is 1. The lowest BCUT2D eigenvalue weighted by Crippen LogP contribution is -2.54. The molecular formula is C18H29N5O. The van der Waals surface area contributed by atoms with Crippen LogP contribution in [0.5, 0.6) is 0 Å². The Balaban J connectivity index is 1.44. The van der Waals surface area contributed by atoms with Crippen LogP contribution >= 0.6 is 0 Å². The third-order valence-corrected chi connectivity index (χ3v) is 6.39. The lowest BCUT2D eigenvalue weighted by Gasteiger charge is -2.44. The zero-order valence-corrected chi connectivity index (χ0v) is 14.8. The Morgan fingerprint density at radius 2 is 2.00 bits per heavy atom. The van der Waals surface area contributed by atoms with Crippen LogP contribution in [-0.2, 0) is 18.4 Å². The van der Waals surface area contributed by atoms with Crippen molar-refractivity contribution >= 4 is 5.91 Å². The Bertz CT molecular complexity index is 594. The normalized spacial score (nSPS) is 29.7. The van der Waals surface area contributed by atoms with Gasteiger partial charge in [0.05, 0.1) is 12.0 Å². The Kier molecular flexibility index (Phi) is 4.33. The van der Waals surface area contributed by atoms with Gasteiger partial charge in [-0.1, -0.05) is 19.3 Å². The Morgan fingerprint density at radius 1 is 1.17 bits per heavy atom. The van der Waals surface area contributed by atoms with Crippen LogP contribution in [0.4, 0.5) is 0 Å². The van der Waals surface area contributed by atoms with Crippen molar-refractivity contribution < 1.29 is 4.79 Å². The molecule has 1 aliphatic carbocycles. The molecule has 3 heterocycles. The minimum absolute atomic E-state index is 0.131. The van der Waals surface area contributed by atoms with E-state index in [1.165, 1.54) is 38.5 Å². The van der Waals surface area contributed by atoms with Crippen molar-refractivity contribution in [1.29, 1.82) is 0 Å². The maximum Gasteiger partial charge on any atom is 0.230 e. The molecule has 1 atom stereocenters. The molecule has 1 spiro atoms. The van der Waals surface area contributed by atoms with Gasteiger partial charge >= 0.3 is 0 Å². The summed E-state index contributed by atoms with van der Waals surface area (Å²) in [6.07, 6.45) is 11.3. The van der Waals surface area contributed by atoms with Crippen LogP contribution in [0.1, 0.15) is 57.2 Å². The van der Waals surface area contributed by atoms with Crippen molar-refractivity contribution in [2.45, 2.75) is 64.0 Å². The largest absolute Gasteiger partial charge is 0.339 e. The van der Waals surface area contributed by atoms with Gasteiger partial charge in [-0.05, 0) is 38.6 Å². The molecule has 24 heavy (non-hydrogen) atoms. The fourth-order valence-corrected chi connectivity index (χ4v) is 4.96. The first-order valence-electron chi connectivity index (χ1n) is 9.54. The van der Waals surface area contributed by atoms with Gasteiger partial charge < -0.3 is 9.47 Å². The third-order valence-electron chi connectivity index (χ3n) is 6.39. The van der Waals surface area contributed by atoms with Crippen molar-refractivity contribution in [3.63, 3.8) is 0 Å². The van der Waals surface area contributed by atoms with E-state index < -0.39 is 0 Å². The van der Waals surface area contributed by atoms with Gasteiger partial charge in [-0.3, -0.25) is 9.69 Å². The van der Waals surface area contributed by atoms with Crippen molar-refractivity contribution in [3.8, 4) is 0 Å². The van der Waals surface area contributed by atoms with Crippen molar-refractivity contribution in [3.05, 3.63) is 12.2 Å². The number of amides is 1. The number of hydrogen-bond donors (Lipinski definition) is 0. The van der Waals surface area contributed by atoms with Gasteiger partial charge in [-0.2, -0.15) is 0 Å². The first-order valence-corrected chi connectivity index (χ1v) is 9.54. The Morgan fingerprint density at radius 3 is 2.75 bits per heavy atom. The topological polar surface area (TPSA) is 54.3 Å². The van der Waals surface area contributed by atoms with Crippen LogP contribution in [0.3, 0.4) is 0 Å². The first kappa shape index (κ1) is 16.1. The zero-order valence-electron chi connectivity index (χ0n) is 14.8. The van der Waals surface area contributed by atoms with Crippen LogP contribution in [0.2, 0.25) is 0 Å². The van der Waals surface area contributed by atoms with E-state index in [-0.39, 0.29) is 5.41 Å². The average Bonchev–Trinajstić information content (AvgIpc) is 3.19. The molecule has 1 amide bonds. The summed E-state index contributed by atoms with van der Waals surface area (Å²) in [6.45, 7) is 3.67. The van der Waals surface area contributed by atoms with E-state index >= 15 is 0 Å².